The molecule has 0 radical (unpaired) electrons. The van der Waals surface area contributed by atoms with E-state index in [0.717, 1.165) is 17.1 Å². The van der Waals surface area contributed by atoms with Crippen molar-refractivity contribution in [1.29, 1.82) is 0 Å². The van der Waals surface area contributed by atoms with Crippen molar-refractivity contribution < 1.29 is 0 Å². The van der Waals surface area contributed by atoms with Crippen LogP contribution in [0.25, 0.3) is 11.1 Å². The second-order valence-electron chi connectivity index (χ2n) is 10.3. The van der Waals surface area contributed by atoms with E-state index in [-0.39, 0.29) is 0 Å². The van der Waals surface area contributed by atoms with E-state index in [9.17, 15) is 0 Å². The van der Waals surface area contributed by atoms with Crippen molar-refractivity contribution in [1.82, 2.24) is 0 Å². The Morgan fingerprint density at radius 2 is 1.13 bits per heavy atom. The first-order chi connectivity index (χ1) is 19.3. The zero-order valence-corrected chi connectivity index (χ0v) is 22.0. The summed E-state index contributed by atoms with van der Waals surface area (Å²) in [6.45, 7) is 2.23. The summed E-state index contributed by atoms with van der Waals surface area (Å²) in [4.78, 5) is 4.81. The highest BCUT2D eigenvalue weighted by molar-refractivity contribution is 5.81. The lowest BCUT2D eigenvalue weighted by atomic mass is 9.91. The fourth-order valence-electron chi connectivity index (χ4n) is 6.08. The molecule has 1 aliphatic heterocycles. The van der Waals surface area contributed by atoms with Gasteiger partial charge in [0.05, 0.1) is 6.04 Å². The molecule has 2 nitrogen and oxygen atoms in total. The van der Waals surface area contributed by atoms with Crippen LogP contribution in [0.15, 0.2) is 152 Å². The quantitative estimate of drug-likeness (QED) is 0.236. The second-order valence-corrected chi connectivity index (χ2v) is 10.3. The number of aryl methyl sites for hydroxylation is 1. The topological polar surface area (TPSA) is 6.48 Å². The maximum Gasteiger partial charge on any atom is 0.0629 e. The van der Waals surface area contributed by atoms with Crippen molar-refractivity contribution in [3.63, 3.8) is 0 Å². The van der Waals surface area contributed by atoms with Gasteiger partial charge in [0.1, 0.15) is 0 Å². The van der Waals surface area contributed by atoms with E-state index in [0.29, 0.717) is 12.0 Å². The van der Waals surface area contributed by atoms with Gasteiger partial charge < -0.3 is 9.80 Å². The van der Waals surface area contributed by atoms with Crippen LogP contribution < -0.4 is 9.80 Å². The average molecular weight is 503 g/mol. The van der Waals surface area contributed by atoms with Crippen LogP contribution in [-0.2, 0) is 0 Å². The number of para-hydroxylation sites is 3. The van der Waals surface area contributed by atoms with Gasteiger partial charge in [0.15, 0.2) is 0 Å². The third-order valence-electron chi connectivity index (χ3n) is 7.90. The van der Waals surface area contributed by atoms with Crippen LogP contribution in [0.3, 0.4) is 0 Å². The first kappa shape index (κ1) is 23.3. The molecule has 0 bridgehead atoms. The summed E-state index contributed by atoms with van der Waals surface area (Å²) in [7, 11) is 0. The van der Waals surface area contributed by atoms with E-state index in [1.807, 2.05) is 0 Å². The molecule has 0 spiro atoms. The molecule has 1 unspecified atom stereocenters. The van der Waals surface area contributed by atoms with Gasteiger partial charge in [0, 0.05) is 34.4 Å². The first-order valence-corrected chi connectivity index (χ1v) is 13.6. The van der Waals surface area contributed by atoms with Gasteiger partial charge in [-0.3, -0.25) is 0 Å². The summed E-state index contributed by atoms with van der Waals surface area (Å²) in [6.07, 6.45) is 9.03. The number of anilines is 5. The molecule has 5 aromatic carbocycles. The third kappa shape index (κ3) is 4.15. The number of hydrogen-bond donors (Lipinski definition) is 0. The highest BCUT2D eigenvalue weighted by Gasteiger charge is 2.37. The zero-order valence-electron chi connectivity index (χ0n) is 22.0. The Kier molecular flexibility index (Phi) is 5.86. The normalized spacial score (nSPS) is 17.1. The van der Waals surface area contributed by atoms with Crippen molar-refractivity contribution >= 4 is 28.4 Å². The average Bonchev–Trinajstić information content (AvgIpc) is 3.33. The number of nitrogens with zero attached hydrogens (tertiary/aromatic N) is 2. The molecule has 2 heteroatoms. The van der Waals surface area contributed by atoms with E-state index < -0.39 is 0 Å². The van der Waals surface area contributed by atoms with E-state index in [4.69, 9.17) is 0 Å². The predicted molar refractivity (Wildman–Crippen MR) is 165 cm³/mol. The molecule has 0 aromatic heterocycles. The van der Waals surface area contributed by atoms with Crippen LogP contribution in [-0.4, -0.2) is 6.04 Å². The molecule has 0 saturated heterocycles. The summed E-state index contributed by atoms with van der Waals surface area (Å²) >= 11 is 0. The van der Waals surface area contributed by atoms with E-state index in [2.05, 4.69) is 168 Å². The Morgan fingerprint density at radius 1 is 0.538 bits per heavy atom. The molecule has 7 rings (SSSR count). The van der Waals surface area contributed by atoms with Crippen LogP contribution in [0, 0.1) is 6.92 Å². The van der Waals surface area contributed by atoms with Gasteiger partial charge in [-0.25, -0.2) is 0 Å². The SMILES string of the molecule is Cc1cc(-c2ccc(N(c3ccccc3)c3ccccc3)cc2)ccc1N1c2ccccc2[C@@H]2C=CC=CC21. The molecule has 2 atom stereocenters. The molecule has 5 aromatic rings. The standard InChI is InChI=1S/C37H30N2/c1-27-26-29(22-25-35(27)39-36-18-10-8-16-33(36)34-17-9-11-19-37(34)39)28-20-23-32(24-21-28)38(30-12-4-2-5-13-30)31-14-6-3-7-15-31/h2-26,33,36H,1H3/t33-,36?/m0/s1. The van der Waals surface area contributed by atoms with E-state index >= 15 is 0 Å². The lowest BCUT2D eigenvalue weighted by Crippen LogP contribution is -2.29. The van der Waals surface area contributed by atoms with Crippen LogP contribution in [0.5, 0.6) is 0 Å². The molecular weight excluding hydrogens is 472 g/mol. The van der Waals surface area contributed by atoms with Crippen LogP contribution in [0.2, 0.25) is 0 Å². The van der Waals surface area contributed by atoms with Gasteiger partial charge in [0.25, 0.3) is 0 Å². The number of allylic oxidation sites excluding steroid dienone is 2. The lowest BCUT2D eigenvalue weighted by molar-refractivity contribution is 0.743. The van der Waals surface area contributed by atoms with Gasteiger partial charge in [-0.05, 0) is 83.8 Å². The Labute approximate surface area is 230 Å². The number of fused-ring (bicyclic) bond motifs is 3. The van der Waals surface area contributed by atoms with Gasteiger partial charge >= 0.3 is 0 Å². The van der Waals surface area contributed by atoms with E-state index in [1.165, 1.54) is 33.6 Å². The van der Waals surface area contributed by atoms with Crippen molar-refractivity contribution in [2.45, 2.75) is 18.9 Å². The highest BCUT2D eigenvalue weighted by Crippen LogP contribution is 2.48. The molecule has 0 N–H and O–H groups in total. The van der Waals surface area contributed by atoms with Crippen molar-refractivity contribution in [3.05, 3.63) is 163 Å². The molecule has 1 heterocycles. The summed E-state index contributed by atoms with van der Waals surface area (Å²) in [6, 6.07) is 46.0. The third-order valence-corrected chi connectivity index (χ3v) is 7.90. The Morgan fingerprint density at radius 3 is 1.82 bits per heavy atom. The Hall–Kier alpha value is -4.82. The number of rotatable bonds is 5. The lowest BCUT2D eigenvalue weighted by Gasteiger charge is -2.30. The molecule has 0 amide bonds. The van der Waals surface area contributed by atoms with E-state index in [1.54, 1.807) is 0 Å². The largest absolute Gasteiger partial charge is 0.333 e. The molecular formula is C37H30N2. The second kappa shape index (κ2) is 9.81. The Bertz CT molecular complexity index is 1630. The maximum absolute atomic E-state index is 2.51. The van der Waals surface area contributed by atoms with Crippen LogP contribution >= 0.6 is 0 Å². The van der Waals surface area contributed by atoms with Crippen molar-refractivity contribution in [3.8, 4) is 11.1 Å². The molecule has 1 aliphatic carbocycles. The summed E-state index contributed by atoms with van der Waals surface area (Å²) < 4.78 is 0. The van der Waals surface area contributed by atoms with Crippen molar-refractivity contribution in [2.75, 3.05) is 9.80 Å². The summed E-state index contributed by atoms with van der Waals surface area (Å²) in [5, 5.41) is 0. The molecule has 0 saturated carbocycles. The van der Waals surface area contributed by atoms with Gasteiger partial charge in [-0.15, -0.1) is 0 Å². The summed E-state index contributed by atoms with van der Waals surface area (Å²) in [5.74, 6) is 0.398. The highest BCUT2D eigenvalue weighted by atomic mass is 15.2. The fraction of sp³-hybridized carbons (Fsp3) is 0.0811. The Balaban J connectivity index is 1.22. The minimum atomic E-state index is 0.318. The maximum atomic E-state index is 2.51. The van der Waals surface area contributed by atoms with Gasteiger partial charge in [0.2, 0.25) is 0 Å². The smallest absolute Gasteiger partial charge is 0.0629 e. The fourth-order valence-corrected chi connectivity index (χ4v) is 6.08. The van der Waals surface area contributed by atoms with Gasteiger partial charge in [-0.2, -0.15) is 0 Å². The van der Waals surface area contributed by atoms with Gasteiger partial charge in [-0.1, -0.05) is 97.1 Å². The van der Waals surface area contributed by atoms with Crippen LogP contribution in [0.4, 0.5) is 28.4 Å². The minimum Gasteiger partial charge on any atom is -0.333 e. The number of benzene rings is 5. The number of hydrogen-bond acceptors (Lipinski definition) is 2. The molecule has 39 heavy (non-hydrogen) atoms. The molecule has 188 valence electrons. The summed E-state index contributed by atoms with van der Waals surface area (Å²) in [5.41, 5.74) is 11.2. The van der Waals surface area contributed by atoms with Crippen molar-refractivity contribution in [2.24, 2.45) is 0 Å². The first-order valence-electron chi connectivity index (χ1n) is 13.6. The molecule has 0 fully saturated rings. The minimum absolute atomic E-state index is 0.318. The zero-order chi connectivity index (χ0) is 26.2. The monoisotopic (exact) mass is 502 g/mol. The molecule has 2 aliphatic rings. The van der Waals surface area contributed by atoms with Crippen LogP contribution in [0.1, 0.15) is 17.0 Å². The predicted octanol–water partition coefficient (Wildman–Crippen LogP) is 9.86.